The lowest BCUT2D eigenvalue weighted by atomic mass is 9.60. The standard InChI is InChI=1S/C25H31N5O2/c1-3-28-16-11-25(22(28)32)18-30(23-26-12-6-13-27-23)17-24(25)9-14-29(15-10-24)21(31)20-8-5-4-7-19(20)2/h4-8,12-13H,3,9-11,14-18H2,1-2H3/t25-/m1/s1. The number of likely N-dealkylation sites (tertiary alicyclic amines) is 2. The van der Waals surface area contributed by atoms with Gasteiger partial charge in [0.2, 0.25) is 11.9 Å². The molecule has 3 aliphatic heterocycles. The number of hydrogen-bond acceptors (Lipinski definition) is 5. The van der Waals surface area contributed by atoms with Crippen molar-refractivity contribution in [2.75, 3.05) is 44.2 Å². The maximum absolute atomic E-state index is 13.7. The van der Waals surface area contributed by atoms with Crippen LogP contribution in [0.15, 0.2) is 42.7 Å². The van der Waals surface area contributed by atoms with E-state index in [2.05, 4.69) is 21.8 Å². The Morgan fingerprint density at radius 1 is 1.00 bits per heavy atom. The number of rotatable bonds is 3. The number of hydrogen-bond donors (Lipinski definition) is 0. The zero-order chi connectivity index (χ0) is 22.3. The molecule has 0 unspecified atom stereocenters. The van der Waals surface area contributed by atoms with E-state index >= 15 is 0 Å². The van der Waals surface area contributed by atoms with Gasteiger partial charge >= 0.3 is 0 Å². The Balaban J connectivity index is 1.42. The number of amides is 2. The Morgan fingerprint density at radius 2 is 1.72 bits per heavy atom. The number of aryl methyl sites for hydroxylation is 1. The summed E-state index contributed by atoms with van der Waals surface area (Å²) in [5, 5.41) is 0. The molecule has 7 nitrogen and oxygen atoms in total. The van der Waals surface area contributed by atoms with Gasteiger partial charge in [0.15, 0.2) is 0 Å². The number of anilines is 1. The van der Waals surface area contributed by atoms with Crippen molar-refractivity contribution in [3.8, 4) is 0 Å². The molecule has 7 heteroatoms. The highest BCUT2D eigenvalue weighted by atomic mass is 16.2. The van der Waals surface area contributed by atoms with Crippen LogP contribution < -0.4 is 4.90 Å². The zero-order valence-electron chi connectivity index (χ0n) is 19.0. The van der Waals surface area contributed by atoms with Gasteiger partial charge in [-0.15, -0.1) is 0 Å². The highest BCUT2D eigenvalue weighted by molar-refractivity contribution is 5.95. The molecular weight excluding hydrogens is 402 g/mol. The molecule has 0 N–H and O–H groups in total. The fourth-order valence-corrected chi connectivity index (χ4v) is 6.20. The van der Waals surface area contributed by atoms with E-state index in [4.69, 9.17) is 0 Å². The minimum atomic E-state index is -0.417. The fraction of sp³-hybridized carbons (Fsp3) is 0.520. The maximum atomic E-state index is 13.7. The van der Waals surface area contributed by atoms with Crippen molar-refractivity contribution in [3.05, 3.63) is 53.9 Å². The van der Waals surface area contributed by atoms with Gasteiger partial charge in [0.05, 0.1) is 5.41 Å². The van der Waals surface area contributed by atoms with Crippen molar-refractivity contribution in [3.63, 3.8) is 0 Å². The summed E-state index contributed by atoms with van der Waals surface area (Å²) < 4.78 is 0. The Morgan fingerprint density at radius 3 is 2.38 bits per heavy atom. The van der Waals surface area contributed by atoms with E-state index in [1.54, 1.807) is 12.4 Å². The first kappa shape index (κ1) is 20.9. The Kier molecular flexibility index (Phi) is 5.14. The quantitative estimate of drug-likeness (QED) is 0.745. The summed E-state index contributed by atoms with van der Waals surface area (Å²) >= 11 is 0. The Hall–Kier alpha value is -2.96. The Bertz CT molecular complexity index is 1020. The second-order valence-corrected chi connectivity index (χ2v) is 9.51. The Labute approximate surface area is 189 Å². The van der Waals surface area contributed by atoms with Crippen LogP contribution >= 0.6 is 0 Å². The van der Waals surface area contributed by atoms with Crippen LogP contribution in [0.25, 0.3) is 0 Å². The number of nitrogens with zero attached hydrogens (tertiary/aromatic N) is 5. The molecule has 1 aromatic heterocycles. The number of fused-ring (bicyclic) bond motifs is 1. The van der Waals surface area contributed by atoms with E-state index in [1.807, 2.05) is 47.1 Å². The molecule has 0 saturated carbocycles. The van der Waals surface area contributed by atoms with Gasteiger partial charge < -0.3 is 14.7 Å². The van der Waals surface area contributed by atoms with E-state index in [-0.39, 0.29) is 17.2 Å². The summed E-state index contributed by atoms with van der Waals surface area (Å²) in [7, 11) is 0. The number of aromatic nitrogens is 2. The molecule has 2 aromatic rings. The summed E-state index contributed by atoms with van der Waals surface area (Å²) in [4.78, 5) is 42.0. The van der Waals surface area contributed by atoms with Crippen LogP contribution in [0, 0.1) is 17.8 Å². The van der Waals surface area contributed by atoms with Crippen molar-refractivity contribution in [1.82, 2.24) is 19.8 Å². The summed E-state index contributed by atoms with van der Waals surface area (Å²) in [6, 6.07) is 9.60. The summed E-state index contributed by atoms with van der Waals surface area (Å²) in [6.45, 7) is 8.39. The van der Waals surface area contributed by atoms with Crippen LogP contribution in [0.3, 0.4) is 0 Å². The maximum Gasteiger partial charge on any atom is 0.254 e. The minimum Gasteiger partial charge on any atom is -0.342 e. The molecule has 32 heavy (non-hydrogen) atoms. The van der Waals surface area contributed by atoms with Crippen molar-refractivity contribution in [2.24, 2.45) is 10.8 Å². The first-order valence-corrected chi connectivity index (χ1v) is 11.7. The monoisotopic (exact) mass is 433 g/mol. The molecule has 1 aromatic carbocycles. The minimum absolute atomic E-state index is 0.0983. The third-order valence-corrected chi connectivity index (χ3v) is 8.07. The summed E-state index contributed by atoms with van der Waals surface area (Å²) in [6.07, 6.45) is 6.06. The molecule has 2 spiro atoms. The number of carbonyl (C=O) groups excluding carboxylic acids is 2. The molecule has 1 atom stereocenters. The number of carbonyl (C=O) groups is 2. The van der Waals surface area contributed by atoms with Gasteiger partial charge in [0.25, 0.3) is 5.91 Å². The van der Waals surface area contributed by atoms with E-state index in [0.29, 0.717) is 25.6 Å². The molecule has 3 aliphatic rings. The van der Waals surface area contributed by atoms with Crippen molar-refractivity contribution in [2.45, 2.75) is 33.1 Å². The average molecular weight is 434 g/mol. The van der Waals surface area contributed by atoms with Gasteiger partial charge in [-0.25, -0.2) is 9.97 Å². The molecule has 0 aliphatic carbocycles. The number of piperidine rings is 1. The SMILES string of the molecule is CCN1CC[C@@]2(CN(c3ncccn3)CC23CCN(C(=O)c2ccccc2C)CC3)C1=O. The lowest BCUT2D eigenvalue weighted by Gasteiger charge is -2.46. The molecule has 3 saturated heterocycles. The van der Waals surface area contributed by atoms with E-state index in [0.717, 1.165) is 50.0 Å². The lowest BCUT2D eigenvalue weighted by Crippen LogP contribution is -2.53. The van der Waals surface area contributed by atoms with Crippen molar-refractivity contribution in [1.29, 1.82) is 0 Å². The van der Waals surface area contributed by atoms with Crippen LogP contribution in [0.2, 0.25) is 0 Å². The lowest BCUT2D eigenvalue weighted by molar-refractivity contribution is -0.141. The highest BCUT2D eigenvalue weighted by Gasteiger charge is 2.65. The van der Waals surface area contributed by atoms with Crippen LogP contribution in [-0.2, 0) is 4.79 Å². The molecule has 3 fully saturated rings. The van der Waals surface area contributed by atoms with Crippen LogP contribution in [0.4, 0.5) is 5.95 Å². The van der Waals surface area contributed by atoms with Gasteiger partial charge in [0.1, 0.15) is 0 Å². The first-order valence-electron chi connectivity index (χ1n) is 11.7. The average Bonchev–Trinajstić information content (AvgIpc) is 3.32. The normalized spacial score (nSPS) is 24.7. The second-order valence-electron chi connectivity index (χ2n) is 9.51. The van der Waals surface area contributed by atoms with Gasteiger partial charge in [-0.2, -0.15) is 0 Å². The smallest absolute Gasteiger partial charge is 0.254 e. The molecule has 4 heterocycles. The topological polar surface area (TPSA) is 69.6 Å². The number of benzene rings is 1. The second kappa shape index (κ2) is 7.87. The van der Waals surface area contributed by atoms with Crippen molar-refractivity contribution >= 4 is 17.8 Å². The van der Waals surface area contributed by atoms with Crippen LogP contribution in [-0.4, -0.2) is 70.9 Å². The van der Waals surface area contributed by atoms with E-state index in [9.17, 15) is 9.59 Å². The van der Waals surface area contributed by atoms with Crippen LogP contribution in [0.5, 0.6) is 0 Å². The molecule has 0 radical (unpaired) electrons. The predicted molar refractivity (Wildman–Crippen MR) is 122 cm³/mol. The molecule has 168 valence electrons. The summed E-state index contributed by atoms with van der Waals surface area (Å²) in [5.74, 6) is 1.07. The predicted octanol–water partition coefficient (Wildman–Crippen LogP) is 2.77. The molecule has 2 amide bonds. The van der Waals surface area contributed by atoms with Gasteiger partial charge in [-0.05, 0) is 50.8 Å². The van der Waals surface area contributed by atoms with E-state index in [1.165, 1.54) is 0 Å². The fourth-order valence-electron chi connectivity index (χ4n) is 6.20. The molecule has 0 bridgehead atoms. The summed E-state index contributed by atoms with van der Waals surface area (Å²) in [5.41, 5.74) is 1.21. The van der Waals surface area contributed by atoms with Crippen LogP contribution in [0.1, 0.15) is 42.1 Å². The third-order valence-electron chi connectivity index (χ3n) is 8.07. The largest absolute Gasteiger partial charge is 0.342 e. The molecule has 5 rings (SSSR count). The van der Waals surface area contributed by atoms with E-state index < -0.39 is 5.41 Å². The van der Waals surface area contributed by atoms with Gasteiger partial charge in [0, 0.05) is 62.6 Å². The van der Waals surface area contributed by atoms with Crippen molar-refractivity contribution < 1.29 is 9.59 Å². The zero-order valence-corrected chi connectivity index (χ0v) is 19.0. The van der Waals surface area contributed by atoms with Gasteiger partial charge in [-0.3, -0.25) is 9.59 Å². The van der Waals surface area contributed by atoms with Gasteiger partial charge in [-0.1, -0.05) is 18.2 Å². The first-order chi connectivity index (χ1) is 15.5. The third kappa shape index (κ3) is 3.09. The highest BCUT2D eigenvalue weighted by Crippen LogP contribution is 2.58. The molecular formula is C25H31N5O2.